The van der Waals surface area contributed by atoms with E-state index >= 15 is 0 Å². The van der Waals surface area contributed by atoms with E-state index in [0.29, 0.717) is 0 Å². The summed E-state index contributed by atoms with van der Waals surface area (Å²) in [6.45, 7) is 8.82. The average Bonchev–Trinajstić information content (AvgIpc) is 2.40. The third-order valence-electron chi connectivity index (χ3n) is 4.90. The maximum absolute atomic E-state index is 4.15. The minimum Gasteiger partial charge on any atom is -0.0999 e. The summed E-state index contributed by atoms with van der Waals surface area (Å²) < 4.78 is 0. The Bertz CT molecular complexity index is 228. The first-order chi connectivity index (χ1) is 7.16. The summed E-state index contributed by atoms with van der Waals surface area (Å²) >= 11 is 0. The van der Waals surface area contributed by atoms with Crippen molar-refractivity contribution in [1.29, 1.82) is 0 Å². The van der Waals surface area contributed by atoms with E-state index in [-0.39, 0.29) is 0 Å². The van der Waals surface area contributed by atoms with Gasteiger partial charge in [0.15, 0.2) is 0 Å². The van der Waals surface area contributed by atoms with Gasteiger partial charge in [-0.05, 0) is 62.7 Å². The van der Waals surface area contributed by atoms with Crippen molar-refractivity contribution >= 4 is 0 Å². The molecule has 0 nitrogen and oxygen atoms in total. The minimum atomic E-state index is 0.847. The fourth-order valence-corrected chi connectivity index (χ4v) is 3.65. The molecule has 0 aromatic heterocycles. The standard InChI is InChI=1S/C15H26/c1-11(2)14-9-8-13-6-4-12(3)5-7-15(13)10-14/h12-15H,1,4-10H2,2-3H3. The zero-order chi connectivity index (χ0) is 10.8. The maximum atomic E-state index is 4.15. The molecule has 0 radical (unpaired) electrons. The molecule has 0 amide bonds. The van der Waals surface area contributed by atoms with Gasteiger partial charge in [0.25, 0.3) is 0 Å². The molecule has 0 bridgehead atoms. The summed E-state index contributed by atoms with van der Waals surface area (Å²) in [5.74, 6) is 3.93. The summed E-state index contributed by atoms with van der Waals surface area (Å²) in [5.41, 5.74) is 1.44. The Morgan fingerprint density at radius 2 is 1.53 bits per heavy atom. The van der Waals surface area contributed by atoms with E-state index in [9.17, 15) is 0 Å². The average molecular weight is 206 g/mol. The smallest absolute Gasteiger partial charge is 0.0206 e. The van der Waals surface area contributed by atoms with Crippen LogP contribution in [0, 0.1) is 23.7 Å². The molecule has 0 N–H and O–H groups in total. The van der Waals surface area contributed by atoms with Crippen molar-refractivity contribution in [1.82, 2.24) is 0 Å². The molecule has 0 aromatic rings. The first-order valence-corrected chi connectivity index (χ1v) is 6.82. The van der Waals surface area contributed by atoms with Gasteiger partial charge in [-0.1, -0.05) is 31.9 Å². The molecule has 4 atom stereocenters. The Morgan fingerprint density at radius 1 is 0.933 bits per heavy atom. The van der Waals surface area contributed by atoms with Gasteiger partial charge in [-0.15, -0.1) is 0 Å². The number of rotatable bonds is 1. The summed E-state index contributed by atoms with van der Waals surface area (Å²) in [4.78, 5) is 0. The molecule has 0 spiro atoms. The van der Waals surface area contributed by atoms with Crippen molar-refractivity contribution in [2.24, 2.45) is 23.7 Å². The number of hydrogen-bond acceptors (Lipinski definition) is 0. The zero-order valence-corrected chi connectivity index (χ0v) is 10.5. The van der Waals surface area contributed by atoms with E-state index in [1.807, 2.05) is 0 Å². The van der Waals surface area contributed by atoms with Gasteiger partial charge in [0, 0.05) is 0 Å². The number of allylic oxidation sites excluding steroid dienone is 1. The van der Waals surface area contributed by atoms with Crippen LogP contribution in [0.15, 0.2) is 12.2 Å². The zero-order valence-electron chi connectivity index (χ0n) is 10.5. The van der Waals surface area contributed by atoms with Gasteiger partial charge in [-0.3, -0.25) is 0 Å². The Hall–Kier alpha value is -0.260. The van der Waals surface area contributed by atoms with Crippen LogP contribution < -0.4 is 0 Å². The van der Waals surface area contributed by atoms with Crippen molar-refractivity contribution in [3.63, 3.8) is 0 Å². The Kier molecular flexibility index (Phi) is 3.53. The van der Waals surface area contributed by atoms with E-state index in [4.69, 9.17) is 0 Å². The summed E-state index contributed by atoms with van der Waals surface area (Å²) in [6, 6.07) is 0. The minimum absolute atomic E-state index is 0.847. The Morgan fingerprint density at radius 3 is 2.20 bits per heavy atom. The summed E-state index contributed by atoms with van der Waals surface area (Å²) in [7, 11) is 0. The summed E-state index contributed by atoms with van der Waals surface area (Å²) in [6.07, 6.45) is 10.3. The van der Waals surface area contributed by atoms with Crippen LogP contribution in [0.4, 0.5) is 0 Å². The highest BCUT2D eigenvalue weighted by atomic mass is 14.4. The lowest BCUT2D eigenvalue weighted by Gasteiger charge is -2.35. The molecule has 0 aliphatic heterocycles. The van der Waals surface area contributed by atoms with E-state index in [1.54, 1.807) is 0 Å². The van der Waals surface area contributed by atoms with Crippen LogP contribution in [0.2, 0.25) is 0 Å². The van der Waals surface area contributed by atoms with Gasteiger partial charge in [0.1, 0.15) is 0 Å². The quantitative estimate of drug-likeness (QED) is 0.540. The first kappa shape index (κ1) is 11.2. The normalized spacial score (nSPS) is 41.7. The van der Waals surface area contributed by atoms with Gasteiger partial charge in [0.2, 0.25) is 0 Å². The van der Waals surface area contributed by atoms with Crippen molar-refractivity contribution in [3.05, 3.63) is 12.2 Å². The predicted molar refractivity (Wildman–Crippen MR) is 66.8 cm³/mol. The highest BCUT2D eigenvalue weighted by Crippen LogP contribution is 2.44. The van der Waals surface area contributed by atoms with Gasteiger partial charge in [-0.2, -0.15) is 0 Å². The fourth-order valence-electron chi connectivity index (χ4n) is 3.65. The van der Waals surface area contributed by atoms with Crippen LogP contribution in [0.1, 0.15) is 58.8 Å². The molecular weight excluding hydrogens is 180 g/mol. The number of hydrogen-bond donors (Lipinski definition) is 0. The molecule has 2 saturated carbocycles. The van der Waals surface area contributed by atoms with E-state index in [2.05, 4.69) is 20.4 Å². The van der Waals surface area contributed by atoms with Gasteiger partial charge in [-0.25, -0.2) is 0 Å². The lowest BCUT2D eigenvalue weighted by Crippen LogP contribution is -2.24. The molecule has 0 heteroatoms. The van der Waals surface area contributed by atoms with Gasteiger partial charge < -0.3 is 0 Å². The molecule has 4 unspecified atom stereocenters. The Balaban J connectivity index is 1.96. The second kappa shape index (κ2) is 4.72. The van der Waals surface area contributed by atoms with Crippen molar-refractivity contribution in [2.75, 3.05) is 0 Å². The highest BCUT2D eigenvalue weighted by Gasteiger charge is 2.32. The van der Waals surface area contributed by atoms with Crippen LogP contribution in [-0.4, -0.2) is 0 Å². The van der Waals surface area contributed by atoms with Crippen LogP contribution in [0.25, 0.3) is 0 Å². The van der Waals surface area contributed by atoms with Gasteiger partial charge >= 0.3 is 0 Å². The maximum Gasteiger partial charge on any atom is -0.0206 e. The summed E-state index contributed by atoms with van der Waals surface area (Å²) in [5, 5.41) is 0. The number of fused-ring (bicyclic) bond motifs is 1. The molecule has 0 saturated heterocycles. The third-order valence-corrected chi connectivity index (χ3v) is 4.90. The van der Waals surface area contributed by atoms with Crippen molar-refractivity contribution in [2.45, 2.75) is 58.8 Å². The largest absolute Gasteiger partial charge is 0.0999 e. The van der Waals surface area contributed by atoms with Crippen LogP contribution in [-0.2, 0) is 0 Å². The first-order valence-electron chi connectivity index (χ1n) is 6.82. The molecular formula is C15H26. The third kappa shape index (κ3) is 2.65. The van der Waals surface area contributed by atoms with Crippen molar-refractivity contribution < 1.29 is 0 Å². The van der Waals surface area contributed by atoms with Crippen LogP contribution >= 0.6 is 0 Å². The molecule has 2 aliphatic rings. The van der Waals surface area contributed by atoms with E-state index < -0.39 is 0 Å². The lowest BCUT2D eigenvalue weighted by molar-refractivity contribution is 0.187. The molecule has 86 valence electrons. The fraction of sp³-hybridized carbons (Fsp3) is 0.867. The molecule has 2 aliphatic carbocycles. The van der Waals surface area contributed by atoms with E-state index in [1.165, 1.54) is 50.5 Å². The lowest BCUT2D eigenvalue weighted by atomic mass is 9.70. The molecule has 2 fully saturated rings. The van der Waals surface area contributed by atoms with Gasteiger partial charge in [0.05, 0.1) is 0 Å². The highest BCUT2D eigenvalue weighted by molar-refractivity contribution is 5.00. The second-order valence-electron chi connectivity index (χ2n) is 6.14. The molecule has 2 rings (SSSR count). The molecule has 0 aromatic carbocycles. The Labute approximate surface area is 95.1 Å². The molecule has 0 heterocycles. The van der Waals surface area contributed by atoms with E-state index in [0.717, 1.165) is 23.7 Å². The van der Waals surface area contributed by atoms with Crippen LogP contribution in [0.3, 0.4) is 0 Å². The second-order valence-corrected chi connectivity index (χ2v) is 6.14. The van der Waals surface area contributed by atoms with Crippen LogP contribution in [0.5, 0.6) is 0 Å². The SMILES string of the molecule is C=C(C)C1CCC2CCC(C)CCC2C1. The predicted octanol–water partition coefficient (Wildman–Crippen LogP) is 4.81. The monoisotopic (exact) mass is 206 g/mol. The van der Waals surface area contributed by atoms with Crippen molar-refractivity contribution in [3.8, 4) is 0 Å². The topological polar surface area (TPSA) is 0 Å². The molecule has 15 heavy (non-hydrogen) atoms.